The summed E-state index contributed by atoms with van der Waals surface area (Å²) in [7, 11) is 0. The summed E-state index contributed by atoms with van der Waals surface area (Å²) in [6, 6.07) is 20.8. The number of carbonyl (C=O) groups is 1. The van der Waals surface area contributed by atoms with E-state index in [2.05, 4.69) is 55.1 Å². The van der Waals surface area contributed by atoms with Crippen LogP contribution in [0.4, 0.5) is 0 Å². The van der Waals surface area contributed by atoms with Crippen LogP contribution in [-0.2, 0) is 4.79 Å². The number of carboxylic acids is 1. The van der Waals surface area contributed by atoms with Crippen molar-refractivity contribution in [2.24, 2.45) is 0 Å². The molecule has 2 aromatic carbocycles. The SMILES string of the molecule is C=CC(=O)O.c1ccc(Sc2ccccc2)cc1. The Hall–Kier alpha value is -2.00. The monoisotopic (exact) mass is 258 g/mol. The maximum atomic E-state index is 9.25. The quantitative estimate of drug-likeness (QED) is 0.842. The molecule has 0 fully saturated rings. The van der Waals surface area contributed by atoms with Crippen molar-refractivity contribution in [3.63, 3.8) is 0 Å². The average Bonchev–Trinajstić information content (AvgIpc) is 2.42. The molecule has 0 unspecified atom stereocenters. The summed E-state index contributed by atoms with van der Waals surface area (Å²) >= 11 is 1.79. The minimum absolute atomic E-state index is 0.833. The summed E-state index contributed by atoms with van der Waals surface area (Å²) in [5, 5.41) is 7.60. The van der Waals surface area contributed by atoms with Crippen LogP contribution in [0, 0.1) is 0 Å². The highest BCUT2D eigenvalue weighted by molar-refractivity contribution is 7.99. The van der Waals surface area contributed by atoms with Gasteiger partial charge in [-0.25, -0.2) is 4.79 Å². The Morgan fingerprint density at radius 3 is 1.56 bits per heavy atom. The van der Waals surface area contributed by atoms with Crippen LogP contribution in [0.1, 0.15) is 0 Å². The van der Waals surface area contributed by atoms with E-state index in [9.17, 15) is 4.79 Å². The van der Waals surface area contributed by atoms with E-state index < -0.39 is 5.97 Å². The lowest BCUT2D eigenvalue weighted by molar-refractivity contribution is -0.131. The summed E-state index contributed by atoms with van der Waals surface area (Å²) in [6.07, 6.45) is 0.833. The molecular formula is C15H14O2S. The van der Waals surface area contributed by atoms with Crippen LogP contribution in [0.5, 0.6) is 0 Å². The van der Waals surface area contributed by atoms with Crippen molar-refractivity contribution >= 4 is 17.7 Å². The van der Waals surface area contributed by atoms with Crippen molar-refractivity contribution < 1.29 is 9.90 Å². The van der Waals surface area contributed by atoms with Crippen LogP contribution in [0.25, 0.3) is 0 Å². The first-order valence-corrected chi connectivity index (χ1v) is 6.17. The molecule has 92 valence electrons. The molecule has 0 saturated carbocycles. The number of hydrogen-bond donors (Lipinski definition) is 1. The Morgan fingerprint density at radius 2 is 1.28 bits per heavy atom. The van der Waals surface area contributed by atoms with Crippen molar-refractivity contribution in [2.75, 3.05) is 0 Å². The summed E-state index contributed by atoms with van der Waals surface area (Å²) in [5.41, 5.74) is 0. The van der Waals surface area contributed by atoms with Gasteiger partial charge in [0, 0.05) is 15.9 Å². The zero-order chi connectivity index (χ0) is 13.2. The van der Waals surface area contributed by atoms with Gasteiger partial charge >= 0.3 is 5.97 Å². The first kappa shape index (κ1) is 14.1. The lowest BCUT2D eigenvalue weighted by atomic mass is 10.4. The van der Waals surface area contributed by atoms with Gasteiger partial charge in [0.2, 0.25) is 0 Å². The number of rotatable bonds is 3. The molecule has 0 aliphatic rings. The highest BCUT2D eigenvalue weighted by Gasteiger charge is 1.93. The molecule has 1 N–H and O–H groups in total. The van der Waals surface area contributed by atoms with Crippen molar-refractivity contribution in [3.8, 4) is 0 Å². The Bertz CT molecular complexity index is 443. The van der Waals surface area contributed by atoms with Crippen molar-refractivity contribution in [1.29, 1.82) is 0 Å². The smallest absolute Gasteiger partial charge is 0.327 e. The second-order valence-electron chi connectivity index (χ2n) is 3.27. The lowest BCUT2D eigenvalue weighted by Gasteiger charge is -1.99. The minimum Gasteiger partial charge on any atom is -0.478 e. The molecule has 2 nitrogen and oxygen atoms in total. The van der Waals surface area contributed by atoms with E-state index in [0.717, 1.165) is 6.08 Å². The summed E-state index contributed by atoms with van der Waals surface area (Å²) in [4.78, 5) is 11.8. The molecule has 0 aliphatic carbocycles. The summed E-state index contributed by atoms with van der Waals surface area (Å²) in [6.45, 7) is 2.96. The normalized spacial score (nSPS) is 8.89. The van der Waals surface area contributed by atoms with E-state index in [-0.39, 0.29) is 0 Å². The van der Waals surface area contributed by atoms with Crippen LogP contribution in [0.15, 0.2) is 83.1 Å². The maximum absolute atomic E-state index is 9.25. The van der Waals surface area contributed by atoms with Crippen molar-refractivity contribution in [2.45, 2.75) is 9.79 Å². The van der Waals surface area contributed by atoms with Crippen LogP contribution < -0.4 is 0 Å². The molecule has 0 aromatic heterocycles. The predicted molar refractivity (Wildman–Crippen MR) is 74.8 cm³/mol. The minimum atomic E-state index is -0.981. The zero-order valence-electron chi connectivity index (χ0n) is 9.82. The van der Waals surface area contributed by atoms with E-state index in [1.807, 2.05) is 12.1 Å². The molecule has 0 atom stereocenters. The molecule has 2 aromatic rings. The first-order valence-electron chi connectivity index (χ1n) is 5.35. The summed E-state index contributed by atoms with van der Waals surface area (Å²) in [5.74, 6) is -0.981. The van der Waals surface area contributed by atoms with E-state index in [0.29, 0.717) is 0 Å². The zero-order valence-corrected chi connectivity index (χ0v) is 10.6. The number of carboxylic acid groups (broad SMARTS) is 1. The van der Waals surface area contributed by atoms with E-state index >= 15 is 0 Å². The molecule has 18 heavy (non-hydrogen) atoms. The molecule has 0 spiro atoms. The molecular weight excluding hydrogens is 244 g/mol. The Morgan fingerprint density at radius 1 is 0.944 bits per heavy atom. The van der Waals surface area contributed by atoms with Gasteiger partial charge in [0.25, 0.3) is 0 Å². The third kappa shape index (κ3) is 5.92. The lowest BCUT2D eigenvalue weighted by Crippen LogP contribution is -1.82. The predicted octanol–water partition coefficient (Wildman–Crippen LogP) is 4.09. The van der Waals surface area contributed by atoms with Gasteiger partial charge in [0.05, 0.1) is 0 Å². The van der Waals surface area contributed by atoms with Crippen molar-refractivity contribution in [3.05, 3.63) is 73.3 Å². The van der Waals surface area contributed by atoms with Crippen LogP contribution in [-0.4, -0.2) is 11.1 Å². The van der Waals surface area contributed by atoms with Crippen molar-refractivity contribution in [1.82, 2.24) is 0 Å². The molecule has 0 saturated heterocycles. The van der Waals surface area contributed by atoms with E-state index in [4.69, 9.17) is 5.11 Å². The van der Waals surface area contributed by atoms with Gasteiger partial charge in [-0.05, 0) is 24.3 Å². The fourth-order valence-corrected chi connectivity index (χ4v) is 1.97. The van der Waals surface area contributed by atoms with Crippen LogP contribution in [0.3, 0.4) is 0 Å². The fourth-order valence-electron chi connectivity index (χ4n) is 1.11. The molecule has 0 radical (unpaired) electrons. The van der Waals surface area contributed by atoms with Crippen LogP contribution >= 0.6 is 11.8 Å². The largest absolute Gasteiger partial charge is 0.478 e. The number of hydrogen-bond acceptors (Lipinski definition) is 2. The second-order valence-corrected chi connectivity index (χ2v) is 4.42. The van der Waals surface area contributed by atoms with Gasteiger partial charge in [0.1, 0.15) is 0 Å². The number of benzene rings is 2. The molecule has 0 bridgehead atoms. The van der Waals surface area contributed by atoms with Gasteiger partial charge < -0.3 is 5.11 Å². The highest BCUT2D eigenvalue weighted by atomic mass is 32.2. The fraction of sp³-hybridized carbons (Fsp3) is 0. The molecule has 2 rings (SSSR count). The summed E-state index contributed by atoms with van der Waals surface area (Å²) < 4.78 is 0. The van der Waals surface area contributed by atoms with E-state index in [1.54, 1.807) is 11.8 Å². The topological polar surface area (TPSA) is 37.3 Å². The molecule has 0 heterocycles. The Labute approximate surface area is 111 Å². The third-order valence-corrected chi connectivity index (χ3v) is 2.91. The second kappa shape index (κ2) is 8.14. The Balaban J connectivity index is 0.000000280. The Kier molecular flexibility index (Phi) is 6.36. The van der Waals surface area contributed by atoms with Crippen LogP contribution in [0.2, 0.25) is 0 Å². The highest BCUT2D eigenvalue weighted by Crippen LogP contribution is 2.26. The van der Waals surface area contributed by atoms with Gasteiger partial charge in [-0.1, -0.05) is 54.7 Å². The first-order chi connectivity index (χ1) is 8.72. The molecule has 3 heteroatoms. The third-order valence-electron chi connectivity index (χ3n) is 1.90. The molecule has 0 aliphatic heterocycles. The van der Waals surface area contributed by atoms with E-state index in [1.165, 1.54) is 9.79 Å². The maximum Gasteiger partial charge on any atom is 0.327 e. The van der Waals surface area contributed by atoms with Gasteiger partial charge in [-0.2, -0.15) is 0 Å². The average molecular weight is 258 g/mol. The van der Waals surface area contributed by atoms with Gasteiger partial charge in [-0.15, -0.1) is 0 Å². The molecule has 0 amide bonds. The van der Waals surface area contributed by atoms with Gasteiger partial charge in [0.15, 0.2) is 0 Å². The standard InChI is InChI=1S/C12H10S.C3H4O2/c1-3-7-11(8-4-1)13-12-9-5-2-6-10-12;1-2-3(4)5/h1-10H;2H,1H2,(H,4,5). The number of aliphatic carboxylic acids is 1. The van der Waals surface area contributed by atoms with Gasteiger partial charge in [-0.3, -0.25) is 0 Å².